The number of ether oxygens (including phenoxy) is 2. The summed E-state index contributed by atoms with van der Waals surface area (Å²) in [6, 6.07) is 26.0. The second-order valence-corrected chi connectivity index (χ2v) is 19.4. The number of nitrogens with one attached hydrogen (secondary N) is 3. The SMILES string of the molecule is CC(C)(C)N.COC(=O)[C@H]1Cc2c([nH]c3ccccc23)[C@H](c2ccc(C(=O)NC(C)(C)C)cc2)N1C(=O)CCl.COC(=O)[C@H]1Cc2c([nH]c3ccccc23)[C@H](c2ccc(C(=O)O)cc2)N1C(=O)CCl. The molecule has 15 nitrogen and oxygen atoms in total. The quantitative estimate of drug-likeness (QED) is 0.0736. The highest BCUT2D eigenvalue weighted by Gasteiger charge is 2.45. The number of H-pyrrole nitrogens is 2. The monoisotopic (exact) mass is 980 g/mol. The van der Waals surface area contributed by atoms with Gasteiger partial charge in [-0.3, -0.25) is 14.4 Å². The van der Waals surface area contributed by atoms with Crippen LogP contribution in [-0.4, -0.2) is 110 Å². The second kappa shape index (κ2) is 21.3. The zero-order valence-corrected chi connectivity index (χ0v) is 41.3. The van der Waals surface area contributed by atoms with Gasteiger partial charge in [-0.05, 0) is 100 Å². The Bertz CT molecular complexity index is 2860. The molecule has 2 aliphatic heterocycles. The van der Waals surface area contributed by atoms with Gasteiger partial charge >= 0.3 is 17.9 Å². The van der Waals surface area contributed by atoms with Crippen molar-refractivity contribution in [1.29, 1.82) is 0 Å². The highest BCUT2D eigenvalue weighted by atomic mass is 35.5. The number of carboxylic acid groups (broad SMARTS) is 1. The first-order chi connectivity index (χ1) is 32.6. The first kappa shape index (κ1) is 51.7. The number of aromatic carboxylic acids is 1. The summed E-state index contributed by atoms with van der Waals surface area (Å²) in [6.07, 6.45) is 0.607. The van der Waals surface area contributed by atoms with Crippen LogP contribution in [-0.2, 0) is 41.5 Å². The Balaban J connectivity index is 0.000000208. The Kier molecular flexibility index (Phi) is 16.0. The number of hydrogen-bond donors (Lipinski definition) is 5. The van der Waals surface area contributed by atoms with Crippen molar-refractivity contribution in [3.63, 3.8) is 0 Å². The number of carbonyl (C=O) groups excluding carboxylic acids is 5. The summed E-state index contributed by atoms with van der Waals surface area (Å²) in [5.74, 6) is -3.62. The number of carbonyl (C=O) groups is 6. The molecule has 364 valence electrons. The maximum absolute atomic E-state index is 13.0. The van der Waals surface area contributed by atoms with Crippen LogP contribution in [0.25, 0.3) is 21.8 Å². The number of fused-ring (bicyclic) bond motifs is 6. The smallest absolute Gasteiger partial charge is 0.335 e. The van der Waals surface area contributed by atoms with Gasteiger partial charge in [0.25, 0.3) is 5.91 Å². The van der Waals surface area contributed by atoms with E-state index in [0.29, 0.717) is 24.0 Å². The maximum atomic E-state index is 13.0. The first-order valence-electron chi connectivity index (χ1n) is 22.2. The number of nitrogens with zero attached hydrogens (tertiary/aromatic N) is 2. The van der Waals surface area contributed by atoms with Crippen molar-refractivity contribution in [1.82, 2.24) is 25.1 Å². The molecule has 2 aromatic heterocycles. The van der Waals surface area contributed by atoms with Crippen LogP contribution in [0.2, 0.25) is 0 Å². The van der Waals surface area contributed by atoms with Gasteiger partial charge in [-0.15, -0.1) is 23.2 Å². The Morgan fingerprint density at radius 3 is 1.33 bits per heavy atom. The lowest BCUT2D eigenvalue weighted by molar-refractivity contribution is -0.154. The third kappa shape index (κ3) is 11.6. The molecule has 0 bridgehead atoms. The van der Waals surface area contributed by atoms with E-state index < -0.39 is 48.0 Å². The minimum Gasteiger partial charge on any atom is -0.478 e. The average Bonchev–Trinajstić information content (AvgIpc) is 3.89. The summed E-state index contributed by atoms with van der Waals surface area (Å²) in [6.45, 7) is 11.6. The Hall–Kier alpha value is -6.68. The normalized spacial score (nSPS) is 17.6. The lowest BCUT2D eigenvalue weighted by Crippen LogP contribution is -2.52. The Morgan fingerprint density at radius 2 is 1.00 bits per heavy atom. The van der Waals surface area contributed by atoms with Crippen molar-refractivity contribution < 1.29 is 43.3 Å². The topological polar surface area (TPSA) is 217 Å². The number of esters is 2. The molecule has 0 saturated heterocycles. The van der Waals surface area contributed by atoms with Crippen LogP contribution in [0, 0.1) is 0 Å². The fraction of sp³-hybridized carbons (Fsp3) is 0.346. The number of halogens is 2. The highest BCUT2D eigenvalue weighted by molar-refractivity contribution is 6.28. The number of para-hydroxylation sites is 2. The number of aromatic amines is 2. The summed E-state index contributed by atoms with van der Waals surface area (Å²) >= 11 is 11.9. The molecule has 0 fully saturated rings. The third-order valence-corrected chi connectivity index (χ3v) is 11.9. The standard InChI is InChI=1S/C26H28ClN3O4.C22H19ClN2O5.C4H11N/c1-26(2,3)29-24(32)16-11-9-15(10-12-16)23-22-18(17-7-5-6-8-19(17)28-22)13-20(25(33)34-4)30(23)21(31)14-27;1-30-22(29)17-10-15-14-4-2-3-5-16(14)24-19(15)20(25(17)18(26)11-23)12-6-8-13(9-7-12)21(27)28;1-4(2,3)5/h5-12,20,23,28H,13-14H2,1-4H3,(H,29,32);2-9,17,20,24H,10-11H2,1H3,(H,27,28);5H2,1-3H3/t20-,23+;17-,20+;/m11./s1. The molecule has 8 rings (SSSR count). The second-order valence-electron chi connectivity index (χ2n) is 18.9. The molecule has 2 aliphatic rings. The fourth-order valence-corrected chi connectivity index (χ4v) is 8.98. The van der Waals surface area contributed by atoms with E-state index in [2.05, 4.69) is 15.3 Å². The number of rotatable bonds is 8. The summed E-state index contributed by atoms with van der Waals surface area (Å²) in [5, 5.41) is 14.1. The van der Waals surface area contributed by atoms with E-state index in [9.17, 15) is 33.9 Å². The molecule has 17 heteroatoms. The molecule has 4 aromatic carbocycles. The molecule has 0 aliphatic carbocycles. The molecule has 6 N–H and O–H groups in total. The van der Waals surface area contributed by atoms with Crippen molar-refractivity contribution >= 4 is 80.6 Å². The number of alkyl halides is 2. The predicted molar refractivity (Wildman–Crippen MR) is 265 cm³/mol. The van der Waals surface area contributed by atoms with Gasteiger partial charge in [0.2, 0.25) is 11.8 Å². The van der Waals surface area contributed by atoms with Gasteiger partial charge < -0.3 is 45.4 Å². The van der Waals surface area contributed by atoms with Crippen LogP contribution in [0.3, 0.4) is 0 Å². The Morgan fingerprint density at radius 1 is 0.638 bits per heavy atom. The zero-order valence-electron chi connectivity index (χ0n) is 39.8. The number of benzene rings is 4. The molecule has 0 radical (unpaired) electrons. The molecule has 6 aromatic rings. The van der Waals surface area contributed by atoms with Crippen molar-refractivity contribution in [2.24, 2.45) is 5.73 Å². The van der Waals surface area contributed by atoms with E-state index in [1.165, 1.54) is 36.2 Å². The number of amides is 3. The average molecular weight is 982 g/mol. The zero-order chi connectivity index (χ0) is 50.5. The van der Waals surface area contributed by atoms with Gasteiger partial charge in [0, 0.05) is 62.7 Å². The number of hydrogen-bond acceptors (Lipinski definition) is 9. The minimum atomic E-state index is -1.04. The van der Waals surface area contributed by atoms with Crippen molar-refractivity contribution in [3.05, 3.63) is 142 Å². The van der Waals surface area contributed by atoms with E-state index in [0.717, 1.165) is 49.9 Å². The van der Waals surface area contributed by atoms with Gasteiger partial charge in [0.15, 0.2) is 0 Å². The van der Waals surface area contributed by atoms with Gasteiger partial charge in [0.05, 0.1) is 31.9 Å². The van der Waals surface area contributed by atoms with E-state index in [1.54, 1.807) is 24.3 Å². The van der Waals surface area contributed by atoms with Gasteiger partial charge in [-0.1, -0.05) is 60.7 Å². The fourth-order valence-electron chi connectivity index (χ4n) is 8.70. The lowest BCUT2D eigenvalue weighted by atomic mass is 9.87. The number of methoxy groups -OCH3 is 2. The van der Waals surface area contributed by atoms with Gasteiger partial charge in [0.1, 0.15) is 23.8 Å². The summed E-state index contributed by atoms with van der Waals surface area (Å²) in [4.78, 5) is 85.0. The number of carboxylic acids is 1. The van der Waals surface area contributed by atoms with Crippen LogP contribution < -0.4 is 11.1 Å². The van der Waals surface area contributed by atoms with Crippen LogP contribution in [0.5, 0.6) is 0 Å². The van der Waals surface area contributed by atoms with Gasteiger partial charge in [-0.25, -0.2) is 14.4 Å². The van der Waals surface area contributed by atoms with Crippen LogP contribution in [0.15, 0.2) is 97.1 Å². The molecule has 4 heterocycles. The molecular weight excluding hydrogens is 924 g/mol. The van der Waals surface area contributed by atoms with Crippen molar-refractivity contribution in [3.8, 4) is 0 Å². The van der Waals surface area contributed by atoms with E-state index in [-0.39, 0.29) is 40.2 Å². The van der Waals surface area contributed by atoms with Crippen molar-refractivity contribution in [2.45, 2.75) is 89.6 Å². The summed E-state index contributed by atoms with van der Waals surface area (Å²) in [5.41, 5.74) is 12.3. The highest BCUT2D eigenvalue weighted by Crippen LogP contribution is 2.43. The predicted octanol–water partition coefficient (Wildman–Crippen LogP) is 7.81. The molecule has 0 saturated carbocycles. The maximum Gasteiger partial charge on any atom is 0.335 e. The molecule has 3 amide bonds. The van der Waals surface area contributed by atoms with E-state index in [1.807, 2.05) is 102 Å². The number of aromatic nitrogens is 2. The van der Waals surface area contributed by atoms with Crippen LogP contribution in [0.1, 0.15) is 108 Å². The largest absolute Gasteiger partial charge is 0.478 e. The molecular formula is C52H58Cl2N6O9. The number of nitrogens with two attached hydrogens (primary N) is 1. The summed E-state index contributed by atoms with van der Waals surface area (Å²) in [7, 11) is 2.60. The summed E-state index contributed by atoms with van der Waals surface area (Å²) < 4.78 is 10.0. The molecule has 0 unspecified atom stereocenters. The third-order valence-electron chi connectivity index (χ3n) is 11.5. The van der Waals surface area contributed by atoms with Gasteiger partial charge in [-0.2, -0.15) is 0 Å². The van der Waals surface area contributed by atoms with Crippen molar-refractivity contribution in [2.75, 3.05) is 26.0 Å². The lowest BCUT2D eigenvalue weighted by Gasteiger charge is -2.40. The molecule has 0 spiro atoms. The molecule has 69 heavy (non-hydrogen) atoms. The Labute approximate surface area is 410 Å². The minimum absolute atomic E-state index is 0. The molecule has 4 atom stereocenters. The van der Waals surface area contributed by atoms with Crippen LogP contribution in [0.4, 0.5) is 0 Å². The van der Waals surface area contributed by atoms with E-state index in [4.69, 9.17) is 38.4 Å². The first-order valence-corrected chi connectivity index (χ1v) is 23.3. The van der Waals surface area contributed by atoms with Crippen LogP contribution >= 0.6 is 23.2 Å². The van der Waals surface area contributed by atoms with E-state index >= 15 is 0 Å².